The highest BCUT2D eigenvalue weighted by Gasteiger charge is 2.46. The Bertz CT molecular complexity index is 4480. The number of rotatable bonds is 17. The van der Waals surface area contributed by atoms with E-state index in [-0.39, 0.29) is 121 Å². The summed E-state index contributed by atoms with van der Waals surface area (Å²) < 4.78 is 55.8. The van der Waals surface area contributed by atoms with E-state index < -0.39 is 168 Å². The molecule has 1 saturated heterocycles. The van der Waals surface area contributed by atoms with Crippen LogP contribution in [0, 0.1) is 36.5 Å². The Morgan fingerprint density at radius 2 is 1.30 bits per heavy atom. The van der Waals surface area contributed by atoms with Crippen LogP contribution in [0.25, 0.3) is 11.1 Å². The zero-order chi connectivity index (χ0) is 79.9. The molecule has 1 fully saturated rings. The van der Waals surface area contributed by atoms with Gasteiger partial charge in [-0.2, -0.15) is 0 Å². The predicted molar refractivity (Wildman–Crippen MR) is 393 cm³/mol. The number of nitrogens with two attached hydrogens (primary N) is 1. The van der Waals surface area contributed by atoms with Crippen molar-refractivity contribution in [3.63, 3.8) is 0 Å². The van der Waals surface area contributed by atoms with Crippen molar-refractivity contribution in [2.75, 3.05) is 20.3 Å². The molecule has 0 aromatic heterocycles. The molecule has 0 radical (unpaired) electrons. The van der Waals surface area contributed by atoms with Crippen molar-refractivity contribution in [1.29, 1.82) is 0 Å². The number of nitrogens with zero attached hydrogens (tertiary/aromatic N) is 1. The number of Topliss-reactive ketones (excluding diaryl/α,β-unsaturated/α-hetero) is 3. The van der Waals surface area contributed by atoms with Crippen LogP contribution in [0.15, 0.2) is 91.5 Å². The van der Waals surface area contributed by atoms with Crippen molar-refractivity contribution >= 4 is 100 Å². The molecule has 5 aromatic carbocycles. The number of hydrogen-bond acceptors (Lipinski definition) is 22. The number of ether oxygens (including phenoxy) is 9. The molecule has 580 valence electrons. The number of fused-ring (bicyclic) bond motifs is 15. The number of benzene rings is 5. The third-order valence-corrected chi connectivity index (χ3v) is 20.3. The highest BCUT2D eigenvalue weighted by atomic mass is 35.5. The molecule has 6 aliphatic heterocycles. The maximum Gasteiger partial charge on any atom is 0.410 e. The minimum Gasteiger partial charge on any atom is -0.463 e. The highest BCUT2D eigenvalue weighted by molar-refractivity contribution is 6.32. The number of halogens is 2. The van der Waals surface area contributed by atoms with Crippen LogP contribution in [0.4, 0.5) is 4.79 Å². The lowest BCUT2D eigenvalue weighted by atomic mass is 9.79. The van der Waals surface area contributed by atoms with Gasteiger partial charge in [0.2, 0.25) is 41.6 Å². The summed E-state index contributed by atoms with van der Waals surface area (Å²) >= 11 is 14.6. The number of ketones is 3. The highest BCUT2D eigenvalue weighted by Crippen LogP contribution is 2.51. The minimum absolute atomic E-state index is 0.0219. The predicted octanol–water partition coefficient (Wildman–Crippen LogP) is 10.5. The topological polar surface area (TPSA) is 382 Å². The average molecular weight is 1540 g/mol. The maximum absolute atomic E-state index is 16.6. The first-order valence-electron chi connectivity index (χ1n) is 35.4. The summed E-state index contributed by atoms with van der Waals surface area (Å²) in [6, 6.07) is 9.37. The Hall–Kier alpha value is -10.7. The average Bonchev–Trinajstić information content (AvgIpc) is 0.761. The number of primary amides is 1. The van der Waals surface area contributed by atoms with Crippen molar-refractivity contribution in [3.05, 3.63) is 135 Å². The van der Waals surface area contributed by atoms with Crippen molar-refractivity contribution in [2.45, 2.75) is 169 Å². The van der Waals surface area contributed by atoms with E-state index in [1.54, 1.807) is 39.8 Å². The standard InChI is InChI=1S/C79H88Cl2N6O22/c1-15-22-101-79(100)87(14)56(23-35(2)3)76(98)86-71-57(93)29-50(32-66(82)95)74(96)85-70-49-30-63(73(109-78-39(7)37(5)38(6)65(108-78)34-102-42(10)89)64(31-49)107-61-21-18-48(28-55(61)81)72(71)105-45(13)92)106-60-20-16-46(27-54(60)80)40(8)68-77(99)84-69(41(9)88)53-24-36(4)25-62(104-44(12)91)67(53)52-26-47(17-19-59(52)103-43(11)90)51(33-58(70)94)75(97)83-68/h15-21,24-28,30-31,35,37-40,50-51,56,65,68-72,78H,1,22-23,29,32-34H2,2-14H3,(H2,82,95)(H,83,97)(H,84,99)(H,85,96)(H,86,98)/t37?,38?,39?,40-,50+,51-,56-,65?,68+,69-,70-,71+,72-,78?/m1/s1. The number of likely N-dealkylation sites (N-methyl/N-ethyl adjacent to an activating group) is 1. The van der Waals surface area contributed by atoms with Gasteiger partial charge in [-0.1, -0.05) is 102 Å². The SMILES string of the molecule is C=CCOC(=O)N(C)[C@H](CC(C)C)C(=O)N[C@H]1C(=O)C[C@@H](CC(N)=O)C(=O)N[C@H]2C(=O)C[C@H]3C(=O)N[C@H](C(=O)N[C@H](C(C)=O)c4cc(C)cc(OC(C)=O)c4-c4cc3ccc4OC(C)=O)[C@H](C)c3ccc(c(Cl)c3)Oc3cc2cc(c3OC2OC(COC(C)=O)C(C)C(C)C2C)Oc2ccc(cc2Cl)[C@H]1OC(C)=O. The van der Waals surface area contributed by atoms with Crippen LogP contribution < -0.4 is 50.7 Å². The number of amides is 6. The molecule has 0 spiro atoms. The largest absolute Gasteiger partial charge is 0.463 e. The van der Waals surface area contributed by atoms with E-state index in [0.717, 1.165) is 25.7 Å². The second kappa shape index (κ2) is 35.1. The smallest absolute Gasteiger partial charge is 0.410 e. The lowest BCUT2D eigenvalue weighted by molar-refractivity contribution is -0.223. The zero-order valence-electron chi connectivity index (χ0n) is 62.5. The van der Waals surface area contributed by atoms with E-state index in [4.69, 9.17) is 71.6 Å². The molecule has 11 rings (SSSR count). The molecule has 14 atom stereocenters. The van der Waals surface area contributed by atoms with Gasteiger partial charge in [-0.25, -0.2) is 4.79 Å². The van der Waals surface area contributed by atoms with Crippen LogP contribution >= 0.6 is 23.2 Å². The number of carbonyl (C=O) groups excluding carboxylic acids is 13. The van der Waals surface area contributed by atoms with Crippen LogP contribution in [0.3, 0.4) is 0 Å². The summed E-state index contributed by atoms with van der Waals surface area (Å²) in [7, 11) is 1.29. The Morgan fingerprint density at radius 1 is 0.679 bits per heavy atom. The Balaban J connectivity index is 1.36. The first kappa shape index (κ1) is 82.3. The Kier molecular flexibility index (Phi) is 26.5. The van der Waals surface area contributed by atoms with E-state index >= 15 is 24.0 Å². The molecular formula is C79H88Cl2N6O22. The van der Waals surface area contributed by atoms with Gasteiger partial charge in [0, 0.05) is 77.0 Å². The Morgan fingerprint density at radius 3 is 1.89 bits per heavy atom. The van der Waals surface area contributed by atoms with Crippen LogP contribution in [0.5, 0.6) is 40.2 Å². The van der Waals surface area contributed by atoms with Gasteiger partial charge in [-0.05, 0) is 126 Å². The third kappa shape index (κ3) is 19.4. The first-order chi connectivity index (χ1) is 51.4. The number of nitrogens with one attached hydrogen (secondary N) is 4. The molecule has 6 amide bonds. The van der Waals surface area contributed by atoms with Gasteiger partial charge in [0.15, 0.2) is 35.0 Å². The lowest BCUT2D eigenvalue weighted by Gasteiger charge is -2.43. The van der Waals surface area contributed by atoms with E-state index in [1.165, 1.54) is 93.7 Å². The van der Waals surface area contributed by atoms with Gasteiger partial charge in [-0.15, -0.1) is 0 Å². The fraction of sp³-hybridized carbons (Fsp3) is 0.430. The molecule has 6 N–H and O–H groups in total. The molecule has 6 aliphatic rings. The quantitative estimate of drug-likeness (QED) is 0.0250. The van der Waals surface area contributed by atoms with Gasteiger partial charge < -0.3 is 69.6 Å². The first-order valence-corrected chi connectivity index (χ1v) is 36.2. The van der Waals surface area contributed by atoms with E-state index in [1.807, 2.05) is 20.8 Å². The number of hydrogen-bond donors (Lipinski definition) is 5. The third-order valence-electron chi connectivity index (χ3n) is 19.7. The van der Waals surface area contributed by atoms with Crippen LogP contribution in [-0.2, 0) is 76.5 Å². The van der Waals surface area contributed by atoms with Crippen molar-refractivity contribution < 1.29 is 105 Å². The molecule has 5 unspecified atom stereocenters. The second-order valence-corrected chi connectivity index (χ2v) is 29.1. The van der Waals surface area contributed by atoms with Crippen molar-refractivity contribution in [2.24, 2.45) is 35.3 Å². The summed E-state index contributed by atoms with van der Waals surface area (Å²) in [5, 5.41) is 10.7. The normalized spacial score (nSPS) is 23.6. The molecule has 109 heavy (non-hydrogen) atoms. The molecule has 6 heterocycles. The zero-order valence-corrected chi connectivity index (χ0v) is 64.0. The van der Waals surface area contributed by atoms with Crippen LogP contribution in [0.2, 0.25) is 10.0 Å². The molecular weight excluding hydrogens is 1460 g/mol. The summed E-state index contributed by atoms with van der Waals surface area (Å²) in [5.74, 6) is -18.8. The monoisotopic (exact) mass is 1540 g/mol. The molecule has 28 nitrogen and oxygen atoms in total. The molecule has 5 aromatic rings. The molecule has 0 saturated carbocycles. The molecule has 11 bridgehead atoms. The van der Waals surface area contributed by atoms with Gasteiger partial charge in [0.05, 0.1) is 28.0 Å². The van der Waals surface area contributed by atoms with E-state index in [0.29, 0.717) is 11.1 Å². The van der Waals surface area contributed by atoms with Crippen molar-refractivity contribution in [3.8, 4) is 51.4 Å². The van der Waals surface area contributed by atoms with Crippen LogP contribution in [-0.4, -0.2) is 133 Å². The van der Waals surface area contributed by atoms with Gasteiger partial charge in [-0.3, -0.25) is 62.4 Å². The molecule has 0 aliphatic carbocycles. The number of carbonyl (C=O) groups is 13. The summed E-state index contributed by atoms with van der Waals surface area (Å²) in [5.41, 5.74) is 6.31. The summed E-state index contributed by atoms with van der Waals surface area (Å²) in [6.07, 6.45) is -6.40. The number of esters is 4. The number of aryl methyl sites for hydroxylation is 1. The fourth-order valence-electron chi connectivity index (χ4n) is 13.8. The van der Waals surface area contributed by atoms with Gasteiger partial charge in [0.25, 0.3) is 0 Å². The Labute approximate surface area is 639 Å². The van der Waals surface area contributed by atoms with E-state index in [2.05, 4.69) is 27.8 Å². The van der Waals surface area contributed by atoms with Gasteiger partial charge in [0.1, 0.15) is 66.4 Å². The van der Waals surface area contributed by atoms with Crippen LogP contribution in [0.1, 0.15) is 165 Å². The van der Waals surface area contributed by atoms with Gasteiger partial charge >= 0.3 is 30.0 Å². The minimum atomic E-state index is -2.08. The fourth-order valence-corrected chi connectivity index (χ4v) is 14.2. The molecule has 30 heteroatoms. The summed E-state index contributed by atoms with van der Waals surface area (Å²) in [4.78, 5) is 189. The summed E-state index contributed by atoms with van der Waals surface area (Å²) in [6.45, 7) is 21.3. The lowest BCUT2D eigenvalue weighted by Crippen LogP contribution is -2.55. The van der Waals surface area contributed by atoms with E-state index in [9.17, 15) is 38.4 Å². The second-order valence-electron chi connectivity index (χ2n) is 28.3. The maximum atomic E-state index is 16.6. The van der Waals surface area contributed by atoms with Crippen molar-refractivity contribution in [1.82, 2.24) is 26.2 Å².